The average molecular weight is 557 g/mol. The maximum Gasteiger partial charge on any atom is 0.326 e. The summed E-state index contributed by atoms with van der Waals surface area (Å²) in [6, 6.07) is 17.1. The number of hydrogen-bond donors (Lipinski definition) is 3. The number of H-pyrrole nitrogens is 1. The van der Waals surface area contributed by atoms with E-state index in [4.69, 9.17) is 9.84 Å². The van der Waals surface area contributed by atoms with E-state index in [2.05, 4.69) is 62.0 Å². The zero-order chi connectivity index (χ0) is 29.5. The van der Waals surface area contributed by atoms with Crippen molar-refractivity contribution in [1.82, 2.24) is 9.97 Å². The number of aliphatic hydroxyl groups excluding tert-OH is 1. The monoisotopic (exact) mass is 556 g/mol. The van der Waals surface area contributed by atoms with Gasteiger partial charge in [-0.25, -0.2) is 9.78 Å². The lowest BCUT2D eigenvalue weighted by molar-refractivity contribution is 0.201. The lowest BCUT2D eigenvalue weighted by Crippen LogP contribution is -2.39. The lowest BCUT2D eigenvalue weighted by atomic mass is 9.88. The first-order valence-electron chi connectivity index (χ1n) is 14.3. The van der Waals surface area contributed by atoms with Crippen molar-refractivity contribution in [3.63, 3.8) is 0 Å². The molecule has 8 nitrogen and oxygen atoms in total. The Morgan fingerprint density at radius 2 is 1.76 bits per heavy atom. The first-order chi connectivity index (χ1) is 19.7. The third kappa shape index (κ3) is 6.95. The smallest absolute Gasteiger partial charge is 0.326 e. The van der Waals surface area contributed by atoms with Crippen LogP contribution in [0.25, 0.3) is 22.2 Å². The number of rotatable bonds is 11. The summed E-state index contributed by atoms with van der Waals surface area (Å²) in [5.74, 6) is 0.931. The molecule has 2 heterocycles. The van der Waals surface area contributed by atoms with Crippen molar-refractivity contribution < 1.29 is 14.6 Å². The van der Waals surface area contributed by atoms with Crippen LogP contribution in [0.15, 0.2) is 65.6 Å². The second kappa shape index (κ2) is 13.5. The van der Waals surface area contributed by atoms with Crippen molar-refractivity contribution in [2.75, 3.05) is 30.0 Å². The average Bonchev–Trinajstić information content (AvgIpc) is 2.96. The Morgan fingerprint density at radius 3 is 2.41 bits per heavy atom. The molecule has 4 aromatic rings. The highest BCUT2D eigenvalue weighted by molar-refractivity contribution is 6.03. The Kier molecular flexibility index (Phi) is 9.78. The van der Waals surface area contributed by atoms with Crippen molar-refractivity contribution in [3.05, 3.63) is 82.3 Å². The van der Waals surface area contributed by atoms with Gasteiger partial charge in [-0.1, -0.05) is 53.2 Å². The molecule has 0 aliphatic carbocycles. The number of aromatic amines is 1. The summed E-state index contributed by atoms with van der Waals surface area (Å²) in [6.45, 7) is 11.1. The Balaban J connectivity index is 1.77. The summed E-state index contributed by atoms with van der Waals surface area (Å²) in [5, 5.41) is 13.1. The standard InChI is InChI=1S/C33H40N4O4/c1-6-7-14-37(29-20-24-11-9-13-34-31(24)36-32(29)39)33(40)35-30-27(21(2)3)18-25(19-28(30)22(4)5)23-10-8-12-26(17-23)41-16-15-38/h8-13,17-22,38H,6-7,14-16H2,1-5H3,(H,35,40)(H,34,36,39). The number of aliphatic hydroxyl groups is 1. The van der Waals surface area contributed by atoms with Crippen molar-refractivity contribution in [3.8, 4) is 16.9 Å². The molecule has 2 aromatic heterocycles. The van der Waals surface area contributed by atoms with Gasteiger partial charge in [0.15, 0.2) is 0 Å². The summed E-state index contributed by atoms with van der Waals surface area (Å²) < 4.78 is 5.64. The highest BCUT2D eigenvalue weighted by Gasteiger charge is 2.24. The summed E-state index contributed by atoms with van der Waals surface area (Å²) in [7, 11) is 0. The number of pyridine rings is 2. The number of benzene rings is 2. The SMILES string of the molecule is CCCCN(C(=O)Nc1c(C(C)C)cc(-c2cccc(OCCO)c2)cc1C(C)C)c1cc2cccnc2[nH]c1=O. The molecule has 2 aromatic carbocycles. The molecule has 0 aliphatic heterocycles. The Hall–Kier alpha value is -4.17. The van der Waals surface area contributed by atoms with Gasteiger partial charge in [0.05, 0.1) is 6.61 Å². The molecule has 0 saturated heterocycles. The number of fused-ring (bicyclic) bond motifs is 1. The minimum Gasteiger partial charge on any atom is -0.491 e. The summed E-state index contributed by atoms with van der Waals surface area (Å²) in [4.78, 5) is 35.7. The molecule has 0 atom stereocenters. The molecule has 0 radical (unpaired) electrons. The maximum atomic E-state index is 14.0. The van der Waals surface area contributed by atoms with E-state index in [9.17, 15) is 9.59 Å². The van der Waals surface area contributed by atoms with Crippen LogP contribution in [0.2, 0.25) is 0 Å². The van der Waals surface area contributed by atoms with Gasteiger partial charge < -0.3 is 20.1 Å². The fourth-order valence-electron chi connectivity index (χ4n) is 4.88. The zero-order valence-electron chi connectivity index (χ0n) is 24.5. The van der Waals surface area contributed by atoms with Crippen molar-refractivity contribution in [2.24, 2.45) is 0 Å². The molecule has 0 bridgehead atoms. The van der Waals surface area contributed by atoms with Crippen LogP contribution in [0.4, 0.5) is 16.2 Å². The predicted molar refractivity (Wildman–Crippen MR) is 166 cm³/mol. The number of anilines is 2. The molecule has 4 rings (SSSR count). The van der Waals surface area contributed by atoms with Gasteiger partial charge in [-0.3, -0.25) is 9.69 Å². The molecule has 3 N–H and O–H groups in total. The molecule has 216 valence electrons. The van der Waals surface area contributed by atoms with E-state index < -0.39 is 0 Å². The minimum absolute atomic E-state index is 0.0507. The number of nitrogens with zero attached hydrogens (tertiary/aromatic N) is 2. The summed E-state index contributed by atoms with van der Waals surface area (Å²) in [6.07, 6.45) is 3.25. The van der Waals surface area contributed by atoms with Crippen LogP contribution in [0.3, 0.4) is 0 Å². The van der Waals surface area contributed by atoms with Gasteiger partial charge in [0, 0.05) is 23.8 Å². The van der Waals surface area contributed by atoms with Crippen molar-refractivity contribution in [2.45, 2.75) is 59.3 Å². The molecule has 41 heavy (non-hydrogen) atoms. The van der Waals surface area contributed by atoms with E-state index in [1.54, 1.807) is 23.2 Å². The van der Waals surface area contributed by atoms with E-state index in [1.807, 2.05) is 30.3 Å². The first kappa shape index (κ1) is 29.8. The van der Waals surface area contributed by atoms with E-state index in [0.29, 0.717) is 23.6 Å². The van der Waals surface area contributed by atoms with Crippen LogP contribution >= 0.6 is 0 Å². The molecule has 8 heteroatoms. The normalized spacial score (nSPS) is 11.3. The summed E-state index contributed by atoms with van der Waals surface area (Å²) >= 11 is 0. The van der Waals surface area contributed by atoms with E-state index in [1.165, 1.54) is 0 Å². The second-order valence-corrected chi connectivity index (χ2v) is 10.8. The third-order valence-corrected chi connectivity index (χ3v) is 7.07. The van der Waals surface area contributed by atoms with Gasteiger partial charge in [-0.15, -0.1) is 0 Å². The van der Waals surface area contributed by atoms with Crippen molar-refractivity contribution >= 4 is 28.4 Å². The highest BCUT2D eigenvalue weighted by Crippen LogP contribution is 2.38. The number of hydrogen-bond acceptors (Lipinski definition) is 5. The van der Waals surface area contributed by atoms with Gasteiger partial charge in [0.2, 0.25) is 0 Å². The molecule has 0 aliphatic rings. The number of urea groups is 1. The number of carbonyl (C=O) groups excluding carboxylic acids is 1. The van der Waals surface area contributed by atoms with Crippen LogP contribution < -0.4 is 20.5 Å². The molecular weight excluding hydrogens is 516 g/mol. The highest BCUT2D eigenvalue weighted by atomic mass is 16.5. The van der Waals surface area contributed by atoms with Gasteiger partial charge in [-0.2, -0.15) is 0 Å². The Morgan fingerprint density at radius 1 is 1.02 bits per heavy atom. The van der Waals surface area contributed by atoms with Gasteiger partial charge >= 0.3 is 6.03 Å². The molecular formula is C33H40N4O4. The van der Waals surface area contributed by atoms with Crippen LogP contribution in [0.5, 0.6) is 5.75 Å². The van der Waals surface area contributed by atoms with Crippen LogP contribution in [0.1, 0.15) is 70.4 Å². The maximum absolute atomic E-state index is 14.0. The topological polar surface area (TPSA) is 108 Å². The number of nitrogens with one attached hydrogen (secondary N) is 2. The molecule has 0 unspecified atom stereocenters. The van der Waals surface area contributed by atoms with E-state index in [0.717, 1.165) is 46.2 Å². The van der Waals surface area contributed by atoms with Crippen LogP contribution in [-0.4, -0.2) is 40.9 Å². The van der Waals surface area contributed by atoms with Gasteiger partial charge in [-0.05, 0) is 83.0 Å². The lowest BCUT2D eigenvalue weighted by Gasteiger charge is -2.27. The quantitative estimate of drug-likeness (QED) is 0.184. The number of unbranched alkanes of at least 4 members (excludes halogenated alkanes) is 1. The van der Waals surface area contributed by atoms with Crippen LogP contribution in [0, 0.1) is 0 Å². The molecule has 0 saturated carbocycles. The second-order valence-electron chi connectivity index (χ2n) is 10.8. The molecule has 2 amide bonds. The Bertz CT molecular complexity index is 1530. The Labute approximate surface area is 241 Å². The fourth-order valence-corrected chi connectivity index (χ4v) is 4.88. The number of aromatic nitrogens is 2. The van der Waals surface area contributed by atoms with Crippen molar-refractivity contribution in [1.29, 1.82) is 0 Å². The fraction of sp³-hybridized carbons (Fsp3) is 0.364. The van der Waals surface area contributed by atoms with Crippen LogP contribution in [-0.2, 0) is 0 Å². The van der Waals surface area contributed by atoms with Gasteiger partial charge in [0.25, 0.3) is 5.56 Å². The molecule has 0 fully saturated rings. The number of carbonyl (C=O) groups is 1. The largest absolute Gasteiger partial charge is 0.491 e. The molecule has 0 spiro atoms. The number of amides is 2. The minimum atomic E-state index is -0.353. The van der Waals surface area contributed by atoms with E-state index >= 15 is 0 Å². The van der Waals surface area contributed by atoms with E-state index in [-0.39, 0.29) is 36.6 Å². The number of ether oxygens (including phenoxy) is 1. The summed E-state index contributed by atoms with van der Waals surface area (Å²) in [5.41, 5.74) is 5.23. The predicted octanol–water partition coefficient (Wildman–Crippen LogP) is 7.05. The zero-order valence-corrected chi connectivity index (χ0v) is 24.5. The third-order valence-electron chi connectivity index (χ3n) is 7.07. The van der Waals surface area contributed by atoms with Gasteiger partial charge in [0.1, 0.15) is 23.7 Å². The first-order valence-corrected chi connectivity index (χ1v) is 14.3.